The van der Waals surface area contributed by atoms with Gasteiger partial charge in [-0.15, -0.1) is 0 Å². The van der Waals surface area contributed by atoms with Crippen molar-refractivity contribution in [3.8, 4) is 0 Å². The SMILES string of the molecule is CCC1CCNC(C(=O)OCc2cccc(Cl)c2)C1. The molecule has 1 saturated heterocycles. The lowest BCUT2D eigenvalue weighted by atomic mass is 9.90. The molecular formula is C15H20ClNO2. The molecule has 0 spiro atoms. The van der Waals surface area contributed by atoms with Crippen molar-refractivity contribution in [2.75, 3.05) is 6.54 Å². The topological polar surface area (TPSA) is 38.3 Å². The largest absolute Gasteiger partial charge is 0.460 e. The Labute approximate surface area is 119 Å². The van der Waals surface area contributed by atoms with Gasteiger partial charge in [0.25, 0.3) is 0 Å². The van der Waals surface area contributed by atoms with Gasteiger partial charge in [-0.2, -0.15) is 0 Å². The standard InChI is InChI=1S/C15H20ClNO2/c1-2-11-6-7-17-14(9-11)15(18)19-10-12-4-3-5-13(16)8-12/h3-5,8,11,14,17H,2,6-7,9-10H2,1H3. The second-order valence-corrected chi connectivity index (χ2v) is 5.48. The Morgan fingerprint density at radius 3 is 3.11 bits per heavy atom. The smallest absolute Gasteiger partial charge is 0.323 e. The number of hydrogen-bond acceptors (Lipinski definition) is 3. The summed E-state index contributed by atoms with van der Waals surface area (Å²) in [4.78, 5) is 12.0. The second kappa shape index (κ2) is 6.92. The lowest BCUT2D eigenvalue weighted by molar-refractivity contribution is -0.148. The van der Waals surface area contributed by atoms with E-state index in [0.29, 0.717) is 10.9 Å². The van der Waals surface area contributed by atoms with Gasteiger partial charge in [0.1, 0.15) is 12.6 Å². The number of ether oxygens (including phenoxy) is 1. The first-order valence-electron chi connectivity index (χ1n) is 6.83. The van der Waals surface area contributed by atoms with E-state index in [1.54, 1.807) is 6.07 Å². The Morgan fingerprint density at radius 2 is 2.37 bits per heavy atom. The molecular weight excluding hydrogens is 262 g/mol. The van der Waals surface area contributed by atoms with E-state index >= 15 is 0 Å². The first-order chi connectivity index (χ1) is 9.19. The summed E-state index contributed by atoms with van der Waals surface area (Å²) in [6, 6.07) is 7.23. The first-order valence-corrected chi connectivity index (χ1v) is 7.21. The van der Waals surface area contributed by atoms with E-state index in [1.807, 2.05) is 18.2 Å². The lowest BCUT2D eigenvalue weighted by Gasteiger charge is -2.28. The molecule has 0 saturated carbocycles. The first kappa shape index (κ1) is 14.4. The number of hydrogen-bond donors (Lipinski definition) is 1. The predicted molar refractivity (Wildman–Crippen MR) is 76.1 cm³/mol. The molecule has 104 valence electrons. The molecule has 2 atom stereocenters. The van der Waals surface area contributed by atoms with E-state index in [9.17, 15) is 4.79 Å². The molecule has 4 heteroatoms. The molecule has 1 aromatic rings. The summed E-state index contributed by atoms with van der Waals surface area (Å²) >= 11 is 5.89. The summed E-state index contributed by atoms with van der Waals surface area (Å²) < 4.78 is 5.36. The lowest BCUT2D eigenvalue weighted by Crippen LogP contribution is -2.44. The minimum atomic E-state index is -0.155. The number of benzene rings is 1. The van der Waals surface area contributed by atoms with Crippen molar-refractivity contribution in [1.82, 2.24) is 5.32 Å². The summed E-state index contributed by atoms with van der Waals surface area (Å²) in [5.74, 6) is 0.475. The van der Waals surface area contributed by atoms with E-state index < -0.39 is 0 Å². The minimum absolute atomic E-state index is 0.155. The van der Waals surface area contributed by atoms with Gasteiger partial charge in [-0.3, -0.25) is 4.79 Å². The van der Waals surface area contributed by atoms with Crippen molar-refractivity contribution in [3.05, 3.63) is 34.9 Å². The average Bonchev–Trinajstić information content (AvgIpc) is 2.45. The molecule has 1 N–H and O–H groups in total. The van der Waals surface area contributed by atoms with Gasteiger partial charge in [0.05, 0.1) is 0 Å². The van der Waals surface area contributed by atoms with E-state index in [0.717, 1.165) is 31.4 Å². The highest BCUT2D eigenvalue weighted by Gasteiger charge is 2.26. The van der Waals surface area contributed by atoms with Crippen molar-refractivity contribution >= 4 is 17.6 Å². The van der Waals surface area contributed by atoms with Crippen LogP contribution < -0.4 is 5.32 Å². The van der Waals surface area contributed by atoms with Crippen molar-refractivity contribution in [3.63, 3.8) is 0 Å². The van der Waals surface area contributed by atoms with Gasteiger partial charge in [0.2, 0.25) is 0 Å². The van der Waals surface area contributed by atoms with Crippen LogP contribution in [0.2, 0.25) is 5.02 Å². The molecule has 2 unspecified atom stereocenters. The maximum atomic E-state index is 12.0. The zero-order valence-electron chi connectivity index (χ0n) is 11.2. The van der Waals surface area contributed by atoms with Crippen LogP contribution in [0.4, 0.5) is 0 Å². The fraction of sp³-hybridized carbons (Fsp3) is 0.533. The predicted octanol–water partition coefficient (Wildman–Crippen LogP) is 3.16. The summed E-state index contributed by atoms with van der Waals surface area (Å²) in [7, 11) is 0. The monoisotopic (exact) mass is 281 g/mol. The highest BCUT2D eigenvalue weighted by Crippen LogP contribution is 2.20. The van der Waals surface area contributed by atoms with Gasteiger partial charge >= 0.3 is 5.97 Å². The van der Waals surface area contributed by atoms with Crippen LogP contribution in [0.5, 0.6) is 0 Å². The number of nitrogens with one attached hydrogen (secondary N) is 1. The van der Waals surface area contributed by atoms with Crippen LogP contribution in [0, 0.1) is 5.92 Å². The van der Waals surface area contributed by atoms with E-state index in [-0.39, 0.29) is 18.6 Å². The van der Waals surface area contributed by atoms with Crippen molar-refractivity contribution in [2.45, 2.75) is 38.8 Å². The van der Waals surface area contributed by atoms with Crippen LogP contribution in [-0.2, 0) is 16.1 Å². The van der Waals surface area contributed by atoms with Gasteiger partial charge in [-0.05, 0) is 43.0 Å². The zero-order valence-corrected chi connectivity index (χ0v) is 12.0. The second-order valence-electron chi connectivity index (χ2n) is 5.04. The number of piperidine rings is 1. The third-order valence-corrected chi connectivity index (χ3v) is 3.88. The molecule has 1 fully saturated rings. The highest BCUT2D eigenvalue weighted by atomic mass is 35.5. The van der Waals surface area contributed by atoms with Gasteiger partial charge in [-0.1, -0.05) is 37.1 Å². The van der Waals surface area contributed by atoms with Crippen LogP contribution in [0.1, 0.15) is 31.7 Å². The molecule has 1 aliphatic heterocycles. The average molecular weight is 282 g/mol. The molecule has 0 amide bonds. The van der Waals surface area contributed by atoms with Crippen molar-refractivity contribution in [2.24, 2.45) is 5.92 Å². The minimum Gasteiger partial charge on any atom is -0.460 e. The Morgan fingerprint density at radius 1 is 1.53 bits per heavy atom. The molecule has 19 heavy (non-hydrogen) atoms. The van der Waals surface area contributed by atoms with Crippen LogP contribution in [0.15, 0.2) is 24.3 Å². The zero-order chi connectivity index (χ0) is 13.7. The number of carbonyl (C=O) groups excluding carboxylic acids is 1. The van der Waals surface area contributed by atoms with Gasteiger partial charge < -0.3 is 10.1 Å². The molecule has 1 aromatic carbocycles. The maximum Gasteiger partial charge on any atom is 0.323 e. The van der Waals surface area contributed by atoms with Crippen LogP contribution >= 0.6 is 11.6 Å². The normalized spacial score (nSPS) is 23.1. The summed E-state index contributed by atoms with van der Waals surface area (Å²) in [5.41, 5.74) is 0.920. The Hall–Kier alpha value is -1.06. The summed E-state index contributed by atoms with van der Waals surface area (Å²) in [5, 5.41) is 3.89. The van der Waals surface area contributed by atoms with E-state index in [4.69, 9.17) is 16.3 Å². The third-order valence-electron chi connectivity index (χ3n) is 3.64. The van der Waals surface area contributed by atoms with Gasteiger partial charge in [0.15, 0.2) is 0 Å². The molecule has 3 nitrogen and oxygen atoms in total. The molecule has 0 aliphatic carbocycles. The Balaban J connectivity index is 1.84. The summed E-state index contributed by atoms with van der Waals surface area (Å²) in [6.07, 6.45) is 3.15. The Kier molecular flexibility index (Phi) is 5.23. The molecule has 1 heterocycles. The molecule has 1 aliphatic rings. The molecule has 0 bridgehead atoms. The Bertz CT molecular complexity index is 436. The molecule has 0 aromatic heterocycles. The molecule has 0 radical (unpaired) electrons. The van der Waals surface area contributed by atoms with Gasteiger partial charge in [-0.25, -0.2) is 0 Å². The van der Waals surface area contributed by atoms with Crippen LogP contribution in [-0.4, -0.2) is 18.6 Å². The fourth-order valence-corrected chi connectivity index (χ4v) is 2.64. The van der Waals surface area contributed by atoms with Crippen molar-refractivity contribution in [1.29, 1.82) is 0 Å². The highest BCUT2D eigenvalue weighted by molar-refractivity contribution is 6.30. The number of esters is 1. The van der Waals surface area contributed by atoms with E-state index in [1.165, 1.54) is 0 Å². The van der Waals surface area contributed by atoms with Gasteiger partial charge in [0, 0.05) is 5.02 Å². The molecule has 2 rings (SSSR count). The van der Waals surface area contributed by atoms with Crippen LogP contribution in [0.3, 0.4) is 0 Å². The number of rotatable bonds is 4. The maximum absolute atomic E-state index is 12.0. The van der Waals surface area contributed by atoms with E-state index in [2.05, 4.69) is 12.2 Å². The van der Waals surface area contributed by atoms with Crippen molar-refractivity contribution < 1.29 is 9.53 Å². The number of halogens is 1. The number of carbonyl (C=O) groups is 1. The fourth-order valence-electron chi connectivity index (χ4n) is 2.43. The summed E-state index contributed by atoms with van der Waals surface area (Å²) in [6.45, 7) is 3.36. The third kappa shape index (κ3) is 4.22. The quantitative estimate of drug-likeness (QED) is 0.862. The van der Waals surface area contributed by atoms with Crippen LogP contribution in [0.25, 0.3) is 0 Å².